The second-order valence-corrected chi connectivity index (χ2v) is 7.40. The van der Waals surface area contributed by atoms with Gasteiger partial charge in [-0.05, 0) is 42.7 Å². The number of hydrogen-bond acceptors (Lipinski definition) is 3. The zero-order chi connectivity index (χ0) is 16.9. The van der Waals surface area contributed by atoms with E-state index < -0.39 is 0 Å². The Bertz CT molecular complexity index is 664. The first kappa shape index (κ1) is 17.0. The summed E-state index contributed by atoms with van der Waals surface area (Å²) in [5.74, 6) is 0.332. The average molecular weight is 344 g/mol. The third kappa shape index (κ3) is 3.97. The van der Waals surface area contributed by atoms with Crippen LogP contribution < -0.4 is 5.32 Å². The summed E-state index contributed by atoms with van der Waals surface area (Å²) in [6, 6.07) is 12.2. The molecule has 1 aromatic heterocycles. The van der Waals surface area contributed by atoms with Crippen LogP contribution in [0.5, 0.6) is 0 Å². The molecule has 2 amide bonds. The van der Waals surface area contributed by atoms with Crippen molar-refractivity contribution in [1.82, 2.24) is 10.2 Å². The predicted molar refractivity (Wildman–Crippen MR) is 97.3 cm³/mol. The number of benzene rings is 1. The van der Waals surface area contributed by atoms with Crippen LogP contribution in [-0.2, 0) is 0 Å². The SMILES string of the molecule is Cc1cccc([C@H](NC(=O)N2CCC(CO)CC2)c2cccs2)c1. The van der Waals surface area contributed by atoms with Crippen molar-refractivity contribution in [2.45, 2.75) is 25.8 Å². The van der Waals surface area contributed by atoms with Gasteiger partial charge in [-0.25, -0.2) is 4.79 Å². The Morgan fingerprint density at radius 1 is 1.33 bits per heavy atom. The van der Waals surface area contributed by atoms with E-state index in [9.17, 15) is 9.90 Å². The van der Waals surface area contributed by atoms with Crippen molar-refractivity contribution in [2.75, 3.05) is 19.7 Å². The molecule has 2 N–H and O–H groups in total. The second-order valence-electron chi connectivity index (χ2n) is 6.43. The van der Waals surface area contributed by atoms with Gasteiger partial charge >= 0.3 is 6.03 Å². The van der Waals surface area contributed by atoms with Crippen LogP contribution in [0.25, 0.3) is 0 Å². The van der Waals surface area contributed by atoms with E-state index in [2.05, 4.69) is 36.5 Å². The number of rotatable bonds is 4. The molecular formula is C19H24N2O2S. The molecule has 5 heteroatoms. The van der Waals surface area contributed by atoms with E-state index >= 15 is 0 Å². The molecule has 1 saturated heterocycles. The topological polar surface area (TPSA) is 52.6 Å². The molecule has 1 aromatic carbocycles. The normalized spacial score (nSPS) is 16.8. The summed E-state index contributed by atoms with van der Waals surface area (Å²) in [5, 5.41) is 14.5. The number of nitrogens with one attached hydrogen (secondary N) is 1. The number of nitrogens with zero attached hydrogens (tertiary/aromatic N) is 1. The second kappa shape index (κ2) is 7.81. The Labute approximate surface area is 147 Å². The van der Waals surface area contributed by atoms with Crippen molar-refractivity contribution in [3.63, 3.8) is 0 Å². The summed E-state index contributed by atoms with van der Waals surface area (Å²) in [5.41, 5.74) is 2.29. The van der Waals surface area contributed by atoms with Crippen LogP contribution >= 0.6 is 11.3 Å². The number of thiophene rings is 1. The fourth-order valence-corrected chi connectivity index (χ4v) is 3.96. The number of amides is 2. The Morgan fingerprint density at radius 2 is 2.12 bits per heavy atom. The minimum Gasteiger partial charge on any atom is -0.396 e. The molecule has 0 radical (unpaired) electrons. The van der Waals surface area contributed by atoms with Gasteiger partial charge in [-0.2, -0.15) is 0 Å². The fraction of sp³-hybridized carbons (Fsp3) is 0.421. The lowest BCUT2D eigenvalue weighted by molar-refractivity contribution is 0.136. The Morgan fingerprint density at radius 3 is 2.75 bits per heavy atom. The van der Waals surface area contributed by atoms with E-state index in [1.54, 1.807) is 11.3 Å². The minimum atomic E-state index is -0.118. The number of aliphatic hydroxyl groups is 1. The van der Waals surface area contributed by atoms with Gasteiger partial charge in [0, 0.05) is 24.6 Å². The highest BCUT2D eigenvalue weighted by Gasteiger charge is 2.25. The Balaban J connectivity index is 1.74. The van der Waals surface area contributed by atoms with Crippen LogP contribution in [0.2, 0.25) is 0 Å². The molecule has 0 saturated carbocycles. The van der Waals surface area contributed by atoms with Gasteiger partial charge in [-0.3, -0.25) is 0 Å². The first-order valence-electron chi connectivity index (χ1n) is 8.43. The van der Waals surface area contributed by atoms with E-state index in [1.807, 2.05) is 22.4 Å². The number of urea groups is 1. The molecule has 0 unspecified atom stereocenters. The molecule has 1 aliphatic heterocycles. The van der Waals surface area contributed by atoms with Gasteiger partial charge in [-0.15, -0.1) is 11.3 Å². The zero-order valence-electron chi connectivity index (χ0n) is 13.9. The van der Waals surface area contributed by atoms with Crippen LogP contribution in [0.1, 0.15) is 34.9 Å². The molecule has 2 aromatic rings. The molecule has 24 heavy (non-hydrogen) atoms. The Kier molecular flexibility index (Phi) is 5.53. The number of likely N-dealkylation sites (tertiary alicyclic amines) is 1. The van der Waals surface area contributed by atoms with Gasteiger partial charge in [0.1, 0.15) is 0 Å². The fourth-order valence-electron chi connectivity index (χ4n) is 3.16. The molecule has 0 spiro atoms. The highest BCUT2D eigenvalue weighted by atomic mass is 32.1. The number of aliphatic hydroxyl groups excluding tert-OH is 1. The summed E-state index contributed by atoms with van der Waals surface area (Å²) in [6.07, 6.45) is 1.75. The number of hydrogen-bond donors (Lipinski definition) is 2. The standard InChI is InChI=1S/C19H24N2O2S/c1-14-4-2-5-16(12-14)18(17-6-3-11-24-17)20-19(23)21-9-7-15(13-22)8-10-21/h2-6,11-12,15,18,22H,7-10,13H2,1H3,(H,20,23)/t18-/m0/s1. The van der Waals surface area contributed by atoms with Crippen molar-refractivity contribution in [2.24, 2.45) is 5.92 Å². The largest absolute Gasteiger partial charge is 0.396 e. The monoisotopic (exact) mass is 344 g/mol. The summed E-state index contributed by atoms with van der Waals surface area (Å²) < 4.78 is 0. The summed E-state index contributed by atoms with van der Waals surface area (Å²) in [4.78, 5) is 15.7. The lowest BCUT2D eigenvalue weighted by Crippen LogP contribution is -2.46. The third-order valence-electron chi connectivity index (χ3n) is 4.63. The summed E-state index contributed by atoms with van der Waals surface area (Å²) in [6.45, 7) is 3.71. The van der Waals surface area contributed by atoms with Gasteiger partial charge in [0.2, 0.25) is 0 Å². The van der Waals surface area contributed by atoms with E-state index in [-0.39, 0.29) is 18.7 Å². The van der Waals surface area contributed by atoms with Crippen molar-refractivity contribution in [3.05, 3.63) is 57.8 Å². The average Bonchev–Trinajstić information content (AvgIpc) is 3.14. The molecule has 1 aliphatic rings. The quantitative estimate of drug-likeness (QED) is 0.891. The molecule has 1 fully saturated rings. The summed E-state index contributed by atoms with van der Waals surface area (Å²) >= 11 is 1.66. The lowest BCUT2D eigenvalue weighted by atomic mass is 9.98. The number of carbonyl (C=O) groups excluding carboxylic acids is 1. The van der Waals surface area contributed by atoms with Crippen LogP contribution in [-0.4, -0.2) is 35.7 Å². The van der Waals surface area contributed by atoms with Crippen molar-refractivity contribution in [1.29, 1.82) is 0 Å². The third-order valence-corrected chi connectivity index (χ3v) is 5.57. The number of carbonyl (C=O) groups is 1. The summed E-state index contributed by atoms with van der Waals surface area (Å²) in [7, 11) is 0. The van der Waals surface area contributed by atoms with E-state index in [0.717, 1.165) is 23.3 Å². The van der Waals surface area contributed by atoms with Gasteiger partial charge in [0.05, 0.1) is 6.04 Å². The highest BCUT2D eigenvalue weighted by molar-refractivity contribution is 7.10. The first-order chi connectivity index (χ1) is 11.7. The van der Waals surface area contributed by atoms with Gasteiger partial charge in [0.25, 0.3) is 0 Å². The molecule has 4 nitrogen and oxygen atoms in total. The van der Waals surface area contributed by atoms with Crippen molar-refractivity contribution in [3.8, 4) is 0 Å². The van der Waals surface area contributed by atoms with Crippen LogP contribution in [0.15, 0.2) is 41.8 Å². The number of piperidine rings is 1. The van der Waals surface area contributed by atoms with Crippen molar-refractivity contribution >= 4 is 17.4 Å². The van der Waals surface area contributed by atoms with Crippen LogP contribution in [0.4, 0.5) is 4.79 Å². The first-order valence-corrected chi connectivity index (χ1v) is 9.31. The Hall–Kier alpha value is -1.85. The maximum absolute atomic E-state index is 12.7. The molecule has 3 rings (SSSR count). The molecule has 0 aliphatic carbocycles. The molecular weight excluding hydrogens is 320 g/mol. The maximum Gasteiger partial charge on any atom is 0.318 e. The smallest absolute Gasteiger partial charge is 0.318 e. The highest BCUT2D eigenvalue weighted by Crippen LogP contribution is 2.27. The van der Waals surface area contributed by atoms with Crippen molar-refractivity contribution < 1.29 is 9.90 Å². The molecule has 0 bridgehead atoms. The van der Waals surface area contributed by atoms with E-state index in [4.69, 9.17) is 0 Å². The number of aryl methyl sites for hydroxylation is 1. The minimum absolute atomic E-state index is 0.0219. The van der Waals surface area contributed by atoms with Crippen LogP contribution in [0.3, 0.4) is 0 Å². The van der Waals surface area contributed by atoms with E-state index in [1.165, 1.54) is 5.56 Å². The predicted octanol–water partition coefficient (Wildman–Crippen LogP) is 3.56. The molecule has 128 valence electrons. The van der Waals surface area contributed by atoms with E-state index in [0.29, 0.717) is 19.0 Å². The van der Waals surface area contributed by atoms with Gasteiger partial charge in [0.15, 0.2) is 0 Å². The van der Waals surface area contributed by atoms with Gasteiger partial charge in [-0.1, -0.05) is 35.9 Å². The molecule has 2 heterocycles. The van der Waals surface area contributed by atoms with Crippen LogP contribution in [0, 0.1) is 12.8 Å². The zero-order valence-corrected chi connectivity index (χ0v) is 14.8. The lowest BCUT2D eigenvalue weighted by Gasteiger charge is -2.32. The van der Waals surface area contributed by atoms with Gasteiger partial charge < -0.3 is 15.3 Å². The molecule has 1 atom stereocenters. The maximum atomic E-state index is 12.7.